The number of aryl methyl sites for hydroxylation is 1. The standard InChI is InChI=1S/C19H21N5O2/c1-23-12-21-11-16(23)19-15(7-8-18(26)24(19)2)22-17(25)9-13-3-5-14(10-20)6-4-13/h3-6,11-12,15,19H,7-9H2,1-2H3,(H,22,25)/t15-,19-/m1/s1. The van der Waals surface area contributed by atoms with Gasteiger partial charge in [0.25, 0.3) is 0 Å². The van der Waals surface area contributed by atoms with Gasteiger partial charge in [0.1, 0.15) is 0 Å². The van der Waals surface area contributed by atoms with Crippen molar-refractivity contribution in [1.29, 1.82) is 5.26 Å². The van der Waals surface area contributed by atoms with Gasteiger partial charge in [-0.3, -0.25) is 9.59 Å². The number of likely N-dealkylation sites (N-methyl/N-ethyl adjacent to an activating group) is 1. The third kappa shape index (κ3) is 3.59. The van der Waals surface area contributed by atoms with E-state index in [1.165, 1.54) is 0 Å². The Kier molecular flexibility index (Phi) is 5.03. The molecule has 1 aromatic carbocycles. The van der Waals surface area contributed by atoms with Crippen molar-refractivity contribution in [2.24, 2.45) is 7.05 Å². The van der Waals surface area contributed by atoms with Gasteiger partial charge in [-0.1, -0.05) is 12.1 Å². The first-order valence-corrected chi connectivity index (χ1v) is 8.50. The number of nitriles is 1. The second kappa shape index (κ2) is 7.40. The Bertz CT molecular complexity index is 850. The largest absolute Gasteiger partial charge is 0.351 e. The zero-order valence-electron chi connectivity index (χ0n) is 14.8. The number of nitrogens with zero attached hydrogens (tertiary/aromatic N) is 4. The lowest BCUT2D eigenvalue weighted by molar-refractivity contribution is -0.137. The highest BCUT2D eigenvalue weighted by Crippen LogP contribution is 2.30. The van der Waals surface area contributed by atoms with Crippen LogP contribution in [0.5, 0.6) is 0 Å². The van der Waals surface area contributed by atoms with Gasteiger partial charge in [-0.2, -0.15) is 5.26 Å². The van der Waals surface area contributed by atoms with Gasteiger partial charge in [0.15, 0.2) is 0 Å². The smallest absolute Gasteiger partial charge is 0.224 e. The van der Waals surface area contributed by atoms with Gasteiger partial charge >= 0.3 is 0 Å². The second-order valence-electron chi connectivity index (χ2n) is 6.58. The summed E-state index contributed by atoms with van der Waals surface area (Å²) < 4.78 is 1.87. The van der Waals surface area contributed by atoms with Gasteiger partial charge < -0.3 is 14.8 Å². The minimum absolute atomic E-state index is 0.0637. The van der Waals surface area contributed by atoms with Crippen LogP contribution in [0.25, 0.3) is 0 Å². The molecule has 1 aromatic heterocycles. The highest BCUT2D eigenvalue weighted by Gasteiger charge is 2.37. The van der Waals surface area contributed by atoms with E-state index in [1.807, 2.05) is 11.6 Å². The topological polar surface area (TPSA) is 91.0 Å². The highest BCUT2D eigenvalue weighted by atomic mass is 16.2. The average Bonchev–Trinajstić information content (AvgIpc) is 3.05. The summed E-state index contributed by atoms with van der Waals surface area (Å²) in [4.78, 5) is 30.5. The molecule has 1 saturated heterocycles. The zero-order chi connectivity index (χ0) is 18.7. The molecule has 2 heterocycles. The SMILES string of the molecule is CN1C(=O)CC[C@@H](NC(=O)Cc2ccc(C#N)cc2)[C@@H]1c1cncn1C. The van der Waals surface area contributed by atoms with Crippen LogP contribution in [0.2, 0.25) is 0 Å². The number of hydrogen-bond donors (Lipinski definition) is 1. The Hall–Kier alpha value is -3.14. The van der Waals surface area contributed by atoms with E-state index in [-0.39, 0.29) is 30.3 Å². The predicted octanol–water partition coefficient (Wildman–Crippen LogP) is 1.31. The minimum Gasteiger partial charge on any atom is -0.351 e. The van der Waals surface area contributed by atoms with E-state index in [1.54, 1.807) is 48.7 Å². The quantitative estimate of drug-likeness (QED) is 0.899. The van der Waals surface area contributed by atoms with E-state index >= 15 is 0 Å². The molecule has 0 saturated carbocycles. The third-order valence-corrected chi connectivity index (χ3v) is 4.81. The highest BCUT2D eigenvalue weighted by molar-refractivity contribution is 5.81. The van der Waals surface area contributed by atoms with Crippen LogP contribution in [0.1, 0.15) is 35.7 Å². The maximum Gasteiger partial charge on any atom is 0.224 e. The van der Waals surface area contributed by atoms with Gasteiger partial charge in [0, 0.05) is 20.5 Å². The lowest BCUT2D eigenvalue weighted by Crippen LogP contribution is -2.51. The van der Waals surface area contributed by atoms with Gasteiger partial charge in [-0.05, 0) is 24.1 Å². The summed E-state index contributed by atoms with van der Waals surface area (Å²) in [7, 11) is 3.64. The Labute approximate surface area is 152 Å². The molecule has 1 fully saturated rings. The summed E-state index contributed by atoms with van der Waals surface area (Å²) >= 11 is 0. The van der Waals surface area contributed by atoms with Crippen LogP contribution in [0.15, 0.2) is 36.8 Å². The number of aromatic nitrogens is 2. The number of piperidine rings is 1. The molecule has 134 valence electrons. The van der Waals surface area contributed by atoms with Crippen LogP contribution in [0.3, 0.4) is 0 Å². The normalized spacial score (nSPS) is 19.9. The zero-order valence-corrected chi connectivity index (χ0v) is 14.8. The van der Waals surface area contributed by atoms with Crippen LogP contribution in [0.4, 0.5) is 0 Å². The van der Waals surface area contributed by atoms with Crippen molar-refractivity contribution < 1.29 is 9.59 Å². The Morgan fingerprint density at radius 3 is 2.69 bits per heavy atom. The van der Waals surface area contributed by atoms with E-state index in [0.717, 1.165) is 11.3 Å². The van der Waals surface area contributed by atoms with Crippen molar-refractivity contribution in [3.05, 3.63) is 53.6 Å². The van der Waals surface area contributed by atoms with Crippen LogP contribution in [-0.4, -0.2) is 39.4 Å². The first kappa shape index (κ1) is 17.7. The second-order valence-corrected chi connectivity index (χ2v) is 6.58. The number of nitrogens with one attached hydrogen (secondary N) is 1. The summed E-state index contributed by atoms with van der Waals surface area (Å²) in [6.45, 7) is 0. The molecule has 1 N–H and O–H groups in total. The van der Waals surface area contributed by atoms with E-state index in [4.69, 9.17) is 5.26 Å². The number of rotatable bonds is 4. The molecule has 0 spiro atoms. The molecule has 7 heteroatoms. The third-order valence-electron chi connectivity index (χ3n) is 4.81. The molecule has 0 aliphatic carbocycles. The Morgan fingerprint density at radius 2 is 2.08 bits per heavy atom. The Balaban J connectivity index is 1.73. The first-order valence-electron chi connectivity index (χ1n) is 8.50. The van der Waals surface area contributed by atoms with Crippen molar-refractivity contribution in [3.8, 4) is 6.07 Å². The van der Waals surface area contributed by atoms with E-state index < -0.39 is 0 Å². The summed E-state index contributed by atoms with van der Waals surface area (Å²) in [6.07, 6.45) is 4.67. The molecule has 0 unspecified atom stereocenters. The number of hydrogen-bond acceptors (Lipinski definition) is 4. The number of likely N-dealkylation sites (tertiary alicyclic amines) is 1. The molecule has 3 rings (SSSR count). The molecule has 26 heavy (non-hydrogen) atoms. The van der Waals surface area contributed by atoms with Crippen molar-refractivity contribution in [1.82, 2.24) is 19.8 Å². The van der Waals surface area contributed by atoms with Crippen LogP contribution >= 0.6 is 0 Å². The van der Waals surface area contributed by atoms with Crippen molar-refractivity contribution in [2.45, 2.75) is 31.3 Å². The van der Waals surface area contributed by atoms with Gasteiger partial charge in [-0.15, -0.1) is 0 Å². The minimum atomic E-state index is -0.242. The molecule has 7 nitrogen and oxygen atoms in total. The van der Waals surface area contributed by atoms with E-state index in [2.05, 4.69) is 16.4 Å². The lowest BCUT2D eigenvalue weighted by Gasteiger charge is -2.39. The van der Waals surface area contributed by atoms with Gasteiger partial charge in [0.2, 0.25) is 11.8 Å². The van der Waals surface area contributed by atoms with Gasteiger partial charge in [0.05, 0.1) is 48.4 Å². The first-order chi connectivity index (χ1) is 12.5. The molecule has 0 radical (unpaired) electrons. The molecule has 0 bridgehead atoms. The number of imidazole rings is 1. The van der Waals surface area contributed by atoms with Crippen molar-refractivity contribution in [2.75, 3.05) is 7.05 Å². The predicted molar refractivity (Wildman–Crippen MR) is 94.7 cm³/mol. The van der Waals surface area contributed by atoms with Crippen molar-refractivity contribution >= 4 is 11.8 Å². The number of carbonyl (C=O) groups is 2. The van der Waals surface area contributed by atoms with Crippen LogP contribution < -0.4 is 5.32 Å². The maximum absolute atomic E-state index is 12.5. The molecule has 2 atom stereocenters. The molecule has 1 aliphatic rings. The Morgan fingerprint density at radius 1 is 1.35 bits per heavy atom. The molecule has 1 aliphatic heterocycles. The fourth-order valence-electron chi connectivity index (χ4n) is 3.39. The molecular weight excluding hydrogens is 330 g/mol. The number of amides is 2. The number of carbonyl (C=O) groups excluding carboxylic acids is 2. The van der Waals surface area contributed by atoms with Crippen LogP contribution in [-0.2, 0) is 23.1 Å². The fourth-order valence-corrected chi connectivity index (χ4v) is 3.39. The van der Waals surface area contributed by atoms with E-state index in [9.17, 15) is 9.59 Å². The van der Waals surface area contributed by atoms with Crippen molar-refractivity contribution in [3.63, 3.8) is 0 Å². The average molecular weight is 351 g/mol. The summed E-state index contributed by atoms with van der Waals surface area (Å²) in [5.74, 6) is -0.0385. The molecular formula is C19H21N5O2. The lowest BCUT2D eigenvalue weighted by atomic mass is 9.93. The fraction of sp³-hybridized carbons (Fsp3) is 0.368. The molecule has 2 aromatic rings. The van der Waals surface area contributed by atoms with E-state index in [0.29, 0.717) is 18.4 Å². The van der Waals surface area contributed by atoms with Crippen LogP contribution in [0, 0.1) is 11.3 Å². The monoisotopic (exact) mass is 351 g/mol. The maximum atomic E-state index is 12.5. The molecule has 2 amide bonds. The summed E-state index contributed by atoms with van der Waals surface area (Å²) in [5.41, 5.74) is 2.31. The van der Waals surface area contributed by atoms with Gasteiger partial charge in [-0.25, -0.2) is 4.98 Å². The summed E-state index contributed by atoms with van der Waals surface area (Å²) in [6, 6.07) is 8.63. The number of benzene rings is 1. The summed E-state index contributed by atoms with van der Waals surface area (Å²) in [5, 5.41) is 11.9.